The van der Waals surface area contributed by atoms with E-state index in [1.807, 2.05) is 39.8 Å². The molecule has 9 heteroatoms. The van der Waals surface area contributed by atoms with Gasteiger partial charge in [0.25, 0.3) is 0 Å². The minimum absolute atomic E-state index is 0.0868. The molecule has 35 heavy (non-hydrogen) atoms. The molecule has 2 fully saturated rings. The number of ether oxygens (including phenoxy) is 2. The Kier molecular flexibility index (Phi) is 7.38. The van der Waals surface area contributed by atoms with Gasteiger partial charge in [-0.15, -0.1) is 0 Å². The number of hydrogen-bond donors (Lipinski definition) is 1. The third-order valence-corrected chi connectivity index (χ3v) is 7.95. The summed E-state index contributed by atoms with van der Waals surface area (Å²) in [6.07, 6.45) is 4.17. The number of piperidine rings is 1. The molecule has 2 aromatic rings. The highest BCUT2D eigenvalue weighted by molar-refractivity contribution is 7.89. The van der Waals surface area contributed by atoms with Gasteiger partial charge in [0.15, 0.2) is 0 Å². The Morgan fingerprint density at radius 2 is 1.74 bits per heavy atom. The average Bonchev–Trinajstić information content (AvgIpc) is 2.77. The van der Waals surface area contributed by atoms with E-state index in [-0.39, 0.29) is 29.1 Å². The minimum Gasteiger partial charge on any atom is -0.474 e. The van der Waals surface area contributed by atoms with Gasteiger partial charge in [-0.05, 0) is 64.7 Å². The van der Waals surface area contributed by atoms with Crippen LogP contribution in [-0.2, 0) is 14.8 Å². The first-order chi connectivity index (χ1) is 16.5. The fraction of sp³-hybridized carbons (Fsp3) is 0.538. The van der Waals surface area contributed by atoms with Gasteiger partial charge in [0, 0.05) is 43.7 Å². The summed E-state index contributed by atoms with van der Waals surface area (Å²) in [5, 5.41) is 0. The van der Waals surface area contributed by atoms with E-state index in [2.05, 4.69) is 9.71 Å². The van der Waals surface area contributed by atoms with E-state index in [0.717, 1.165) is 24.0 Å². The molecule has 2 aliphatic rings. The maximum atomic E-state index is 12.6. The third kappa shape index (κ3) is 6.52. The SMILES string of the molecule is Cc1ccc(S(=O)(=O)NC2CC(Oc3ncccc3C3CCN(C(=O)OC(C)(C)C)CC3)C2)cc1. The predicted octanol–water partition coefficient (Wildman–Crippen LogP) is 4.39. The lowest BCUT2D eigenvalue weighted by atomic mass is 9.89. The molecule has 1 aromatic heterocycles. The van der Waals surface area contributed by atoms with Gasteiger partial charge in [0.2, 0.25) is 15.9 Å². The van der Waals surface area contributed by atoms with Crippen molar-refractivity contribution in [3.63, 3.8) is 0 Å². The second-order valence-corrected chi connectivity index (χ2v) is 12.2. The van der Waals surface area contributed by atoms with E-state index in [1.165, 1.54) is 0 Å². The Morgan fingerprint density at radius 3 is 2.37 bits per heavy atom. The maximum absolute atomic E-state index is 12.6. The molecule has 1 saturated heterocycles. The Balaban J connectivity index is 1.30. The Morgan fingerprint density at radius 1 is 1.09 bits per heavy atom. The number of benzene rings is 1. The lowest BCUT2D eigenvalue weighted by Crippen LogP contribution is -2.49. The quantitative estimate of drug-likeness (QED) is 0.630. The molecule has 0 radical (unpaired) electrons. The van der Waals surface area contributed by atoms with Crippen molar-refractivity contribution < 1.29 is 22.7 Å². The number of pyridine rings is 1. The van der Waals surface area contributed by atoms with Crippen molar-refractivity contribution in [1.82, 2.24) is 14.6 Å². The van der Waals surface area contributed by atoms with Gasteiger partial charge in [-0.25, -0.2) is 22.9 Å². The molecular weight excluding hydrogens is 466 g/mol. The highest BCUT2D eigenvalue weighted by Crippen LogP contribution is 2.36. The number of carbonyl (C=O) groups excluding carboxylic acids is 1. The van der Waals surface area contributed by atoms with Crippen LogP contribution in [0.4, 0.5) is 4.79 Å². The molecule has 8 nitrogen and oxygen atoms in total. The van der Waals surface area contributed by atoms with Crippen molar-refractivity contribution in [2.75, 3.05) is 13.1 Å². The number of carbonyl (C=O) groups is 1. The topological polar surface area (TPSA) is 97.8 Å². The van der Waals surface area contributed by atoms with Crippen LogP contribution >= 0.6 is 0 Å². The first kappa shape index (κ1) is 25.4. The lowest BCUT2D eigenvalue weighted by Gasteiger charge is -2.37. The van der Waals surface area contributed by atoms with Crippen molar-refractivity contribution in [3.8, 4) is 5.88 Å². The number of likely N-dealkylation sites (tertiary alicyclic amines) is 1. The molecule has 0 spiro atoms. The highest BCUT2D eigenvalue weighted by Gasteiger charge is 2.36. The number of nitrogens with one attached hydrogen (secondary N) is 1. The van der Waals surface area contributed by atoms with Crippen molar-refractivity contribution >= 4 is 16.1 Å². The summed E-state index contributed by atoms with van der Waals surface area (Å²) in [5.74, 6) is 0.848. The molecule has 1 amide bonds. The fourth-order valence-electron chi connectivity index (χ4n) is 4.43. The molecule has 0 atom stereocenters. The first-order valence-corrected chi connectivity index (χ1v) is 13.7. The van der Waals surface area contributed by atoms with Gasteiger partial charge in [0.05, 0.1) is 4.90 Å². The molecule has 0 unspecified atom stereocenters. The number of aryl methyl sites for hydroxylation is 1. The summed E-state index contributed by atoms with van der Waals surface area (Å²) >= 11 is 0. The molecule has 1 aliphatic carbocycles. The standard InChI is InChI=1S/C26H35N3O5S/c1-18-7-9-22(10-8-18)35(31,32)28-20-16-21(17-20)33-24-23(6-5-13-27-24)19-11-14-29(15-12-19)25(30)34-26(2,3)4/h5-10,13,19-21,28H,11-12,14-17H2,1-4H3. The van der Waals surface area contributed by atoms with E-state index in [1.54, 1.807) is 35.4 Å². The number of sulfonamides is 1. The fourth-order valence-corrected chi connectivity index (χ4v) is 5.69. The van der Waals surface area contributed by atoms with Crippen LogP contribution in [-0.4, -0.2) is 55.2 Å². The van der Waals surface area contributed by atoms with Gasteiger partial charge in [-0.3, -0.25) is 0 Å². The lowest BCUT2D eigenvalue weighted by molar-refractivity contribution is 0.0203. The molecule has 0 bridgehead atoms. The summed E-state index contributed by atoms with van der Waals surface area (Å²) in [4.78, 5) is 18.9. The summed E-state index contributed by atoms with van der Waals surface area (Å²) in [6, 6.07) is 10.6. The van der Waals surface area contributed by atoms with Crippen LogP contribution in [0.3, 0.4) is 0 Å². The van der Waals surface area contributed by atoms with Crippen LogP contribution in [0.1, 0.15) is 63.5 Å². The molecule has 1 aliphatic heterocycles. The Labute approximate surface area is 208 Å². The van der Waals surface area contributed by atoms with Crippen LogP contribution < -0.4 is 9.46 Å². The highest BCUT2D eigenvalue weighted by atomic mass is 32.2. The summed E-state index contributed by atoms with van der Waals surface area (Å²) in [5.41, 5.74) is 1.55. The molecule has 1 aromatic carbocycles. The number of hydrogen-bond acceptors (Lipinski definition) is 6. The van der Waals surface area contributed by atoms with E-state index in [9.17, 15) is 13.2 Å². The van der Waals surface area contributed by atoms with Crippen LogP contribution in [0.25, 0.3) is 0 Å². The van der Waals surface area contributed by atoms with Gasteiger partial charge >= 0.3 is 6.09 Å². The number of amides is 1. The second-order valence-electron chi connectivity index (χ2n) is 10.5. The van der Waals surface area contributed by atoms with Gasteiger partial charge in [-0.1, -0.05) is 23.8 Å². The molecule has 4 rings (SSSR count). The molecule has 190 valence electrons. The smallest absolute Gasteiger partial charge is 0.410 e. The maximum Gasteiger partial charge on any atom is 0.410 e. The van der Waals surface area contributed by atoms with Crippen LogP contribution in [0.5, 0.6) is 5.88 Å². The van der Waals surface area contributed by atoms with Gasteiger partial charge in [0.1, 0.15) is 11.7 Å². The first-order valence-electron chi connectivity index (χ1n) is 12.2. The zero-order valence-electron chi connectivity index (χ0n) is 20.9. The summed E-state index contributed by atoms with van der Waals surface area (Å²) in [7, 11) is -3.55. The monoisotopic (exact) mass is 501 g/mol. The number of nitrogens with zero attached hydrogens (tertiary/aromatic N) is 2. The zero-order chi connectivity index (χ0) is 25.2. The van der Waals surface area contributed by atoms with Gasteiger partial charge in [-0.2, -0.15) is 0 Å². The van der Waals surface area contributed by atoms with Crippen molar-refractivity contribution in [3.05, 3.63) is 53.7 Å². The average molecular weight is 502 g/mol. The minimum atomic E-state index is -3.55. The molecule has 1 N–H and O–H groups in total. The summed E-state index contributed by atoms with van der Waals surface area (Å²) in [6.45, 7) is 8.79. The Hall–Kier alpha value is -2.65. The van der Waals surface area contributed by atoms with E-state index < -0.39 is 15.6 Å². The van der Waals surface area contributed by atoms with Crippen LogP contribution in [0, 0.1) is 6.92 Å². The second kappa shape index (κ2) is 10.1. The van der Waals surface area contributed by atoms with E-state index in [0.29, 0.717) is 31.8 Å². The van der Waals surface area contributed by atoms with Gasteiger partial charge < -0.3 is 14.4 Å². The normalized spacial score (nSPS) is 21.3. The predicted molar refractivity (Wildman–Crippen MR) is 133 cm³/mol. The number of rotatable bonds is 6. The summed E-state index contributed by atoms with van der Waals surface area (Å²) < 4.78 is 39.7. The van der Waals surface area contributed by atoms with Crippen molar-refractivity contribution in [2.24, 2.45) is 0 Å². The van der Waals surface area contributed by atoms with Crippen molar-refractivity contribution in [1.29, 1.82) is 0 Å². The van der Waals surface area contributed by atoms with Crippen molar-refractivity contribution in [2.45, 2.75) is 81.9 Å². The largest absolute Gasteiger partial charge is 0.474 e. The molecule has 2 heterocycles. The van der Waals surface area contributed by atoms with E-state index >= 15 is 0 Å². The Bertz CT molecular complexity index is 1130. The van der Waals surface area contributed by atoms with E-state index in [4.69, 9.17) is 9.47 Å². The van der Waals surface area contributed by atoms with Crippen LogP contribution in [0.2, 0.25) is 0 Å². The zero-order valence-corrected chi connectivity index (χ0v) is 21.7. The number of aromatic nitrogens is 1. The molecule has 1 saturated carbocycles. The third-order valence-electron chi connectivity index (χ3n) is 6.41. The molecular formula is C26H35N3O5S. The van der Waals surface area contributed by atoms with Crippen LogP contribution in [0.15, 0.2) is 47.5 Å².